The van der Waals surface area contributed by atoms with Gasteiger partial charge in [0.2, 0.25) is 11.8 Å². The van der Waals surface area contributed by atoms with E-state index < -0.39 is 35.4 Å². The summed E-state index contributed by atoms with van der Waals surface area (Å²) in [5, 5.41) is 4.19. The highest BCUT2D eigenvalue weighted by atomic mass is 32.2. The molecule has 2 amide bonds. The first kappa shape index (κ1) is 43.1. The standard InChI is InChI=1S/C42H63N3O6S/c1-10-34(36(46)26-38-43-21-20-29(6)52-38)44-39(48)33(28(4)5)25-37(47)35-17-14-22-45(35)40(49)31(24-30-15-12-11-13-16-30)18-19-32(23-27(2)3)41(50)51-42(7,8)9/h11-13,15-16,18-19,27-29,31-35H,10,14,17,20-26H2,1-9H3,(H,44,48)/b19-18+/t29?,31-,32-,33+,34+,35+/m1/s1. The molecule has 2 heterocycles. The highest BCUT2D eigenvalue weighted by Crippen LogP contribution is 2.29. The normalized spacial score (nSPS) is 20.4. The van der Waals surface area contributed by atoms with E-state index in [1.54, 1.807) is 16.7 Å². The predicted octanol–water partition coefficient (Wildman–Crippen LogP) is 7.41. The van der Waals surface area contributed by atoms with E-state index in [0.717, 1.165) is 17.0 Å². The van der Waals surface area contributed by atoms with Gasteiger partial charge in [-0.3, -0.25) is 29.0 Å². The Morgan fingerprint density at radius 2 is 1.69 bits per heavy atom. The molecule has 52 heavy (non-hydrogen) atoms. The van der Waals surface area contributed by atoms with Gasteiger partial charge in [0.25, 0.3) is 0 Å². The minimum absolute atomic E-state index is 0.0169. The number of ether oxygens (including phenoxy) is 1. The second-order valence-electron chi connectivity index (χ2n) is 16.3. The molecule has 1 aromatic rings. The summed E-state index contributed by atoms with van der Waals surface area (Å²) in [7, 11) is 0. The topological polar surface area (TPSA) is 122 Å². The van der Waals surface area contributed by atoms with Crippen molar-refractivity contribution in [3.63, 3.8) is 0 Å². The van der Waals surface area contributed by atoms with Gasteiger partial charge < -0.3 is 15.0 Å². The molecule has 2 aliphatic heterocycles. The Labute approximate surface area is 316 Å². The van der Waals surface area contributed by atoms with Crippen LogP contribution in [0.4, 0.5) is 0 Å². The third-order valence-corrected chi connectivity index (χ3v) is 10.9. The third-order valence-electron chi connectivity index (χ3n) is 9.70. The molecule has 6 atom stereocenters. The van der Waals surface area contributed by atoms with Crippen molar-refractivity contribution in [1.29, 1.82) is 0 Å². The summed E-state index contributed by atoms with van der Waals surface area (Å²) < 4.78 is 5.73. The van der Waals surface area contributed by atoms with Gasteiger partial charge >= 0.3 is 5.97 Å². The number of likely N-dealkylation sites (tertiary alicyclic amines) is 1. The number of hydrogen-bond acceptors (Lipinski definition) is 8. The van der Waals surface area contributed by atoms with Crippen molar-refractivity contribution in [2.24, 2.45) is 34.6 Å². The Kier molecular flexibility index (Phi) is 16.8. The van der Waals surface area contributed by atoms with E-state index in [0.29, 0.717) is 50.4 Å². The van der Waals surface area contributed by atoms with Crippen molar-refractivity contribution in [2.45, 2.75) is 137 Å². The van der Waals surface area contributed by atoms with Gasteiger partial charge in [0.05, 0.1) is 35.4 Å². The van der Waals surface area contributed by atoms with Gasteiger partial charge in [-0.2, -0.15) is 0 Å². The Bertz CT molecular complexity index is 1430. The number of Topliss-reactive ketones (excluding diaryl/α,β-unsaturated/α-hetero) is 2. The first-order valence-electron chi connectivity index (χ1n) is 19.3. The monoisotopic (exact) mass is 737 g/mol. The molecule has 9 nitrogen and oxygen atoms in total. The molecule has 0 radical (unpaired) electrons. The highest BCUT2D eigenvalue weighted by Gasteiger charge is 2.39. The van der Waals surface area contributed by atoms with Crippen LogP contribution in [0.2, 0.25) is 0 Å². The minimum Gasteiger partial charge on any atom is -0.460 e. The maximum Gasteiger partial charge on any atom is 0.313 e. The van der Waals surface area contributed by atoms with Crippen molar-refractivity contribution >= 4 is 46.2 Å². The first-order chi connectivity index (χ1) is 24.5. The summed E-state index contributed by atoms with van der Waals surface area (Å²) in [5.74, 6) is -2.67. The van der Waals surface area contributed by atoms with Crippen LogP contribution in [0.25, 0.3) is 0 Å². The SMILES string of the molecule is CC[C@H](NC(=O)[C@@H](CC(=O)[C@@H]1CCCN1C(=O)[C@H](/C=C/[C@H](CC(C)C)C(=O)OC(C)(C)C)Cc1ccccc1)C(C)C)C(=O)CC1=NCCC(C)S1. The lowest BCUT2D eigenvalue weighted by molar-refractivity contribution is -0.158. The number of rotatable bonds is 18. The van der Waals surface area contributed by atoms with E-state index in [9.17, 15) is 24.0 Å². The number of esters is 1. The van der Waals surface area contributed by atoms with E-state index in [4.69, 9.17) is 4.74 Å². The second kappa shape index (κ2) is 20.3. The Hall–Kier alpha value is -3.27. The molecule has 1 N–H and O–H groups in total. The maximum absolute atomic E-state index is 14.4. The number of aliphatic imine (C=N–C) groups is 1. The van der Waals surface area contributed by atoms with Crippen molar-refractivity contribution in [1.82, 2.24) is 10.2 Å². The van der Waals surface area contributed by atoms with E-state index in [1.165, 1.54) is 0 Å². The summed E-state index contributed by atoms with van der Waals surface area (Å²) in [6, 6.07) is 8.45. The van der Waals surface area contributed by atoms with Crippen molar-refractivity contribution < 1.29 is 28.7 Å². The summed E-state index contributed by atoms with van der Waals surface area (Å²) in [5.41, 5.74) is 0.341. The molecule has 0 spiro atoms. The van der Waals surface area contributed by atoms with E-state index in [2.05, 4.69) is 31.1 Å². The molecule has 1 fully saturated rings. The van der Waals surface area contributed by atoms with Crippen LogP contribution in [0.15, 0.2) is 47.5 Å². The molecule has 3 rings (SSSR count). The molecular weight excluding hydrogens is 675 g/mol. The fraction of sp³-hybridized carbons (Fsp3) is 0.667. The Balaban J connectivity index is 1.78. The molecule has 1 unspecified atom stereocenters. The molecule has 0 saturated carbocycles. The fourth-order valence-electron chi connectivity index (χ4n) is 6.83. The number of amides is 2. The zero-order chi connectivity index (χ0) is 38.6. The van der Waals surface area contributed by atoms with Gasteiger partial charge in [0.15, 0.2) is 11.6 Å². The molecule has 1 saturated heterocycles. The van der Waals surface area contributed by atoms with Gasteiger partial charge in [-0.15, -0.1) is 11.8 Å². The average Bonchev–Trinajstić information content (AvgIpc) is 3.56. The van der Waals surface area contributed by atoms with Crippen LogP contribution in [0, 0.1) is 29.6 Å². The van der Waals surface area contributed by atoms with Crippen LogP contribution < -0.4 is 5.32 Å². The quantitative estimate of drug-likeness (QED) is 0.123. The lowest BCUT2D eigenvalue weighted by atomic mass is 9.87. The number of hydrogen-bond donors (Lipinski definition) is 1. The van der Waals surface area contributed by atoms with E-state index >= 15 is 0 Å². The maximum atomic E-state index is 14.4. The number of thioether (sulfide) groups is 1. The van der Waals surface area contributed by atoms with Crippen LogP contribution in [0.3, 0.4) is 0 Å². The van der Waals surface area contributed by atoms with Gasteiger partial charge in [-0.1, -0.05) is 84.0 Å². The molecule has 1 aromatic carbocycles. The van der Waals surface area contributed by atoms with Crippen LogP contribution >= 0.6 is 11.8 Å². The molecule has 10 heteroatoms. The summed E-state index contributed by atoms with van der Waals surface area (Å²) in [6.07, 6.45) is 7.48. The zero-order valence-corrected chi connectivity index (χ0v) is 33.8. The molecule has 0 aromatic heterocycles. The number of carbonyl (C=O) groups is 5. The van der Waals surface area contributed by atoms with E-state index in [-0.39, 0.29) is 54.0 Å². The van der Waals surface area contributed by atoms with Gasteiger partial charge in [0, 0.05) is 30.7 Å². The van der Waals surface area contributed by atoms with Crippen molar-refractivity contribution in [3.05, 3.63) is 48.0 Å². The lowest BCUT2D eigenvalue weighted by Gasteiger charge is -2.29. The molecular formula is C42H63N3O6S. The molecule has 288 valence electrons. The minimum atomic E-state index is -0.653. The van der Waals surface area contributed by atoms with Crippen molar-refractivity contribution in [2.75, 3.05) is 13.1 Å². The van der Waals surface area contributed by atoms with Gasteiger partial charge in [-0.05, 0) is 76.7 Å². The molecule has 2 aliphatic rings. The number of ketones is 2. The summed E-state index contributed by atoms with van der Waals surface area (Å²) in [4.78, 5) is 74.7. The smallest absolute Gasteiger partial charge is 0.313 e. The predicted molar refractivity (Wildman–Crippen MR) is 210 cm³/mol. The second-order valence-corrected chi connectivity index (χ2v) is 17.8. The number of nitrogens with one attached hydrogen (secondary N) is 1. The van der Waals surface area contributed by atoms with Crippen LogP contribution in [-0.2, 0) is 35.1 Å². The number of carbonyl (C=O) groups excluding carboxylic acids is 5. The van der Waals surface area contributed by atoms with Crippen LogP contribution in [0.1, 0.15) is 113 Å². The molecule has 0 bridgehead atoms. The Morgan fingerprint density at radius 3 is 2.29 bits per heavy atom. The summed E-state index contributed by atoms with van der Waals surface area (Å²) >= 11 is 1.62. The van der Waals surface area contributed by atoms with E-state index in [1.807, 2.05) is 84.0 Å². The third kappa shape index (κ3) is 13.6. The van der Waals surface area contributed by atoms with Gasteiger partial charge in [0.1, 0.15) is 5.60 Å². The molecule has 0 aliphatic carbocycles. The largest absolute Gasteiger partial charge is 0.460 e. The highest BCUT2D eigenvalue weighted by molar-refractivity contribution is 8.14. The van der Waals surface area contributed by atoms with Crippen molar-refractivity contribution in [3.8, 4) is 0 Å². The number of benzene rings is 1. The van der Waals surface area contributed by atoms with Gasteiger partial charge in [-0.25, -0.2) is 0 Å². The lowest BCUT2D eigenvalue weighted by Crippen LogP contribution is -2.47. The zero-order valence-electron chi connectivity index (χ0n) is 33.0. The van der Waals surface area contributed by atoms with Crippen LogP contribution in [0.5, 0.6) is 0 Å². The first-order valence-corrected chi connectivity index (χ1v) is 20.2. The van der Waals surface area contributed by atoms with Crippen LogP contribution in [-0.4, -0.2) is 75.3 Å². The average molecular weight is 738 g/mol. The fourth-order valence-corrected chi connectivity index (χ4v) is 7.91. The number of nitrogens with zero attached hydrogens (tertiary/aromatic N) is 2. The Morgan fingerprint density at radius 1 is 1.02 bits per heavy atom. The summed E-state index contributed by atoms with van der Waals surface area (Å²) in [6.45, 7) is 18.6.